The van der Waals surface area contributed by atoms with Crippen molar-refractivity contribution >= 4 is 17.3 Å². The molecule has 0 heterocycles. The van der Waals surface area contributed by atoms with Gasteiger partial charge >= 0.3 is 0 Å². The van der Waals surface area contributed by atoms with Crippen molar-refractivity contribution in [3.63, 3.8) is 0 Å². The van der Waals surface area contributed by atoms with E-state index < -0.39 is 0 Å². The van der Waals surface area contributed by atoms with Gasteiger partial charge in [0, 0.05) is 11.4 Å². The van der Waals surface area contributed by atoms with Crippen LogP contribution in [0.3, 0.4) is 0 Å². The molecular formula is C17H20N2O2. The number of hydrogen-bond acceptors (Lipinski definition) is 3. The maximum absolute atomic E-state index is 12.4. The van der Waals surface area contributed by atoms with Crippen molar-refractivity contribution in [3.8, 4) is 5.75 Å². The SMILES string of the molecule is CCCOc1ccccc1C(=O)Nc1cccc(N)c1C. The molecule has 0 spiro atoms. The van der Waals surface area contributed by atoms with Gasteiger partial charge in [-0.05, 0) is 43.2 Å². The second-order valence-electron chi connectivity index (χ2n) is 4.82. The molecule has 0 radical (unpaired) electrons. The van der Waals surface area contributed by atoms with Gasteiger partial charge in [-0.1, -0.05) is 25.1 Å². The second kappa shape index (κ2) is 6.79. The molecule has 21 heavy (non-hydrogen) atoms. The largest absolute Gasteiger partial charge is 0.493 e. The van der Waals surface area contributed by atoms with Crippen LogP contribution in [-0.2, 0) is 0 Å². The van der Waals surface area contributed by atoms with E-state index >= 15 is 0 Å². The molecule has 0 unspecified atom stereocenters. The lowest BCUT2D eigenvalue weighted by molar-refractivity contribution is 0.102. The number of nitrogens with two attached hydrogens (primary N) is 1. The van der Waals surface area contributed by atoms with E-state index in [1.54, 1.807) is 12.1 Å². The maximum atomic E-state index is 12.4. The van der Waals surface area contributed by atoms with Gasteiger partial charge in [-0.3, -0.25) is 4.79 Å². The summed E-state index contributed by atoms with van der Waals surface area (Å²) in [5.74, 6) is 0.397. The zero-order chi connectivity index (χ0) is 15.2. The molecule has 0 atom stereocenters. The van der Waals surface area contributed by atoms with Crippen LogP contribution in [0.25, 0.3) is 0 Å². The number of carbonyl (C=O) groups excluding carboxylic acids is 1. The summed E-state index contributed by atoms with van der Waals surface area (Å²) in [7, 11) is 0. The number of benzene rings is 2. The minimum atomic E-state index is -0.199. The Morgan fingerprint density at radius 2 is 1.95 bits per heavy atom. The third kappa shape index (κ3) is 3.54. The normalized spacial score (nSPS) is 10.2. The van der Waals surface area contributed by atoms with Crippen LogP contribution < -0.4 is 15.8 Å². The predicted octanol–water partition coefficient (Wildman–Crippen LogP) is 3.62. The van der Waals surface area contributed by atoms with E-state index in [1.807, 2.05) is 44.2 Å². The number of hydrogen-bond donors (Lipinski definition) is 2. The first-order valence-corrected chi connectivity index (χ1v) is 7.01. The molecule has 4 nitrogen and oxygen atoms in total. The number of nitrogen functional groups attached to an aromatic ring is 1. The predicted molar refractivity (Wildman–Crippen MR) is 85.8 cm³/mol. The van der Waals surface area contributed by atoms with E-state index in [4.69, 9.17) is 10.5 Å². The van der Waals surface area contributed by atoms with Crippen molar-refractivity contribution in [2.45, 2.75) is 20.3 Å². The van der Waals surface area contributed by atoms with E-state index in [1.165, 1.54) is 0 Å². The first-order chi connectivity index (χ1) is 10.1. The molecule has 4 heteroatoms. The molecule has 0 fully saturated rings. The quantitative estimate of drug-likeness (QED) is 0.824. The van der Waals surface area contributed by atoms with Crippen LogP contribution in [0.15, 0.2) is 42.5 Å². The van der Waals surface area contributed by atoms with E-state index in [-0.39, 0.29) is 5.91 Å². The van der Waals surface area contributed by atoms with Gasteiger partial charge in [0.25, 0.3) is 5.91 Å². The Hall–Kier alpha value is -2.49. The van der Waals surface area contributed by atoms with Crippen molar-refractivity contribution in [1.82, 2.24) is 0 Å². The average molecular weight is 284 g/mol. The Labute approximate surface area is 124 Å². The molecule has 0 aliphatic carbocycles. The summed E-state index contributed by atoms with van der Waals surface area (Å²) in [5.41, 5.74) is 8.60. The van der Waals surface area contributed by atoms with Gasteiger partial charge in [0.2, 0.25) is 0 Å². The molecule has 0 aromatic heterocycles. The van der Waals surface area contributed by atoms with E-state index in [2.05, 4.69) is 5.32 Å². The monoisotopic (exact) mass is 284 g/mol. The standard InChI is InChI=1S/C17H20N2O2/c1-3-11-21-16-10-5-4-7-13(16)17(20)19-15-9-6-8-14(18)12(15)2/h4-10H,3,11,18H2,1-2H3,(H,19,20). The lowest BCUT2D eigenvalue weighted by atomic mass is 10.1. The van der Waals surface area contributed by atoms with Gasteiger partial charge in [-0.2, -0.15) is 0 Å². The Kier molecular flexibility index (Phi) is 4.82. The summed E-state index contributed by atoms with van der Waals surface area (Å²) in [4.78, 5) is 12.4. The van der Waals surface area contributed by atoms with Gasteiger partial charge in [-0.25, -0.2) is 0 Å². The fraction of sp³-hybridized carbons (Fsp3) is 0.235. The summed E-state index contributed by atoms with van der Waals surface area (Å²) in [6.45, 7) is 4.49. The highest BCUT2D eigenvalue weighted by Gasteiger charge is 2.13. The number of anilines is 2. The molecule has 2 aromatic rings. The van der Waals surface area contributed by atoms with Crippen LogP contribution in [0.5, 0.6) is 5.75 Å². The fourth-order valence-corrected chi connectivity index (χ4v) is 1.97. The molecule has 1 amide bonds. The van der Waals surface area contributed by atoms with Gasteiger partial charge in [0.05, 0.1) is 12.2 Å². The van der Waals surface area contributed by atoms with Crippen LogP contribution in [0.4, 0.5) is 11.4 Å². The molecule has 110 valence electrons. The van der Waals surface area contributed by atoms with Crippen molar-refractivity contribution in [3.05, 3.63) is 53.6 Å². The van der Waals surface area contributed by atoms with Gasteiger partial charge in [0.1, 0.15) is 5.75 Å². The smallest absolute Gasteiger partial charge is 0.259 e. The van der Waals surface area contributed by atoms with Crippen molar-refractivity contribution in [1.29, 1.82) is 0 Å². The molecule has 0 aliphatic heterocycles. The molecule has 3 N–H and O–H groups in total. The van der Waals surface area contributed by atoms with Gasteiger partial charge in [0.15, 0.2) is 0 Å². The Balaban J connectivity index is 2.22. The molecule has 0 aliphatic rings. The van der Waals surface area contributed by atoms with Crippen molar-refractivity contribution < 1.29 is 9.53 Å². The maximum Gasteiger partial charge on any atom is 0.259 e. The van der Waals surface area contributed by atoms with Crippen LogP contribution >= 0.6 is 0 Å². The van der Waals surface area contributed by atoms with Gasteiger partial charge < -0.3 is 15.8 Å². The topological polar surface area (TPSA) is 64.3 Å². The van der Waals surface area contributed by atoms with Crippen LogP contribution in [0.2, 0.25) is 0 Å². The summed E-state index contributed by atoms with van der Waals surface area (Å²) in [5, 5.41) is 2.89. The molecule has 0 saturated carbocycles. The zero-order valence-electron chi connectivity index (χ0n) is 12.3. The molecule has 0 bridgehead atoms. The number of ether oxygens (including phenoxy) is 1. The number of amides is 1. The summed E-state index contributed by atoms with van der Waals surface area (Å²) < 4.78 is 5.61. The van der Waals surface area contributed by atoms with Gasteiger partial charge in [-0.15, -0.1) is 0 Å². The minimum Gasteiger partial charge on any atom is -0.493 e. The molecule has 2 aromatic carbocycles. The van der Waals surface area contributed by atoms with Crippen molar-refractivity contribution in [2.24, 2.45) is 0 Å². The minimum absolute atomic E-state index is 0.199. The van der Waals surface area contributed by atoms with Crippen molar-refractivity contribution in [2.75, 3.05) is 17.7 Å². The molecular weight excluding hydrogens is 264 g/mol. The third-order valence-corrected chi connectivity index (χ3v) is 3.22. The molecule has 2 rings (SSSR count). The number of nitrogens with one attached hydrogen (secondary N) is 1. The van der Waals surface area contributed by atoms with E-state index in [0.717, 1.165) is 12.0 Å². The van der Waals surface area contributed by atoms with Crippen LogP contribution in [0, 0.1) is 6.92 Å². The first kappa shape index (κ1) is 14.9. The summed E-state index contributed by atoms with van der Waals surface area (Å²) >= 11 is 0. The first-order valence-electron chi connectivity index (χ1n) is 7.01. The average Bonchev–Trinajstić information content (AvgIpc) is 2.50. The van der Waals surface area contributed by atoms with Crippen LogP contribution in [0.1, 0.15) is 29.3 Å². The lowest BCUT2D eigenvalue weighted by Crippen LogP contribution is -2.15. The highest BCUT2D eigenvalue weighted by Crippen LogP contribution is 2.23. The fourth-order valence-electron chi connectivity index (χ4n) is 1.97. The van der Waals surface area contributed by atoms with E-state index in [9.17, 15) is 4.79 Å². The Morgan fingerprint density at radius 1 is 1.19 bits per heavy atom. The second-order valence-corrected chi connectivity index (χ2v) is 4.82. The Morgan fingerprint density at radius 3 is 2.71 bits per heavy atom. The Bertz CT molecular complexity index is 638. The number of rotatable bonds is 5. The summed E-state index contributed by atoms with van der Waals surface area (Å²) in [6, 6.07) is 12.7. The van der Waals surface area contributed by atoms with Crippen LogP contribution in [-0.4, -0.2) is 12.5 Å². The zero-order valence-corrected chi connectivity index (χ0v) is 12.3. The molecule has 0 saturated heterocycles. The highest BCUT2D eigenvalue weighted by atomic mass is 16.5. The van der Waals surface area contributed by atoms with E-state index in [0.29, 0.717) is 29.3 Å². The summed E-state index contributed by atoms with van der Waals surface area (Å²) in [6.07, 6.45) is 0.893. The third-order valence-electron chi connectivity index (χ3n) is 3.22. The lowest BCUT2D eigenvalue weighted by Gasteiger charge is -2.13. The number of para-hydroxylation sites is 1. The number of carbonyl (C=O) groups is 1. The highest BCUT2D eigenvalue weighted by molar-refractivity contribution is 6.06.